The monoisotopic (exact) mass is 324 g/mol. The van der Waals surface area contributed by atoms with Crippen LogP contribution < -0.4 is 9.47 Å². The fourth-order valence-electron chi connectivity index (χ4n) is 2.05. The van der Waals surface area contributed by atoms with Gasteiger partial charge in [0.15, 0.2) is 11.5 Å². The zero-order valence-corrected chi connectivity index (χ0v) is 13.8. The average molecular weight is 324 g/mol. The number of rotatable bonds is 7. The fourth-order valence-corrected chi connectivity index (χ4v) is 2.05. The molecule has 4 nitrogen and oxygen atoms in total. The molecule has 2 rings (SSSR count). The van der Waals surface area contributed by atoms with Crippen LogP contribution in [0.1, 0.15) is 11.1 Å². The van der Waals surface area contributed by atoms with Crippen molar-refractivity contribution in [1.29, 1.82) is 0 Å². The van der Waals surface area contributed by atoms with Gasteiger partial charge in [0.25, 0.3) is 0 Å². The van der Waals surface area contributed by atoms with E-state index < -0.39 is 5.97 Å². The maximum absolute atomic E-state index is 11.7. The Bertz CT molecular complexity index is 718. The first-order valence-corrected chi connectivity index (χ1v) is 7.51. The number of esters is 1. The highest BCUT2D eigenvalue weighted by atomic mass is 16.5. The zero-order valence-electron chi connectivity index (χ0n) is 13.8. The van der Waals surface area contributed by atoms with Gasteiger partial charge in [0.05, 0.1) is 14.2 Å². The molecule has 0 unspecified atom stereocenters. The lowest BCUT2D eigenvalue weighted by Gasteiger charge is -2.07. The molecule has 0 heterocycles. The van der Waals surface area contributed by atoms with Crippen molar-refractivity contribution in [2.24, 2.45) is 0 Å². The lowest BCUT2D eigenvalue weighted by atomic mass is 10.2. The third kappa shape index (κ3) is 5.32. The van der Waals surface area contributed by atoms with Crippen molar-refractivity contribution in [3.63, 3.8) is 0 Å². The van der Waals surface area contributed by atoms with Gasteiger partial charge in [-0.05, 0) is 35.4 Å². The smallest absolute Gasteiger partial charge is 0.331 e. The molecule has 0 fully saturated rings. The fraction of sp³-hybridized carbons (Fsp3) is 0.150. The third-order valence-electron chi connectivity index (χ3n) is 3.25. The molecule has 0 aliphatic heterocycles. The molecule has 0 amide bonds. The lowest BCUT2D eigenvalue weighted by molar-refractivity contribution is -0.136. The van der Waals surface area contributed by atoms with Gasteiger partial charge in [-0.25, -0.2) is 4.79 Å². The van der Waals surface area contributed by atoms with Crippen LogP contribution in [0.2, 0.25) is 0 Å². The van der Waals surface area contributed by atoms with Crippen molar-refractivity contribution in [1.82, 2.24) is 0 Å². The van der Waals surface area contributed by atoms with E-state index in [9.17, 15) is 4.79 Å². The van der Waals surface area contributed by atoms with Crippen LogP contribution in [0.15, 0.2) is 60.7 Å². The molecule has 0 spiro atoms. The maximum atomic E-state index is 11.7. The summed E-state index contributed by atoms with van der Waals surface area (Å²) in [6.45, 7) is 0.226. The van der Waals surface area contributed by atoms with E-state index in [1.807, 2.05) is 42.5 Å². The zero-order chi connectivity index (χ0) is 17.2. The Morgan fingerprint density at radius 3 is 2.38 bits per heavy atom. The van der Waals surface area contributed by atoms with Gasteiger partial charge >= 0.3 is 5.97 Å². The van der Waals surface area contributed by atoms with E-state index in [0.717, 1.165) is 11.1 Å². The predicted molar refractivity (Wildman–Crippen MR) is 95.0 cm³/mol. The van der Waals surface area contributed by atoms with Crippen LogP contribution in [0.4, 0.5) is 0 Å². The van der Waals surface area contributed by atoms with Crippen LogP contribution in [-0.2, 0) is 9.53 Å². The van der Waals surface area contributed by atoms with Gasteiger partial charge in [0.1, 0.15) is 6.61 Å². The Balaban J connectivity index is 1.85. The maximum Gasteiger partial charge on any atom is 0.331 e. The Kier molecular flexibility index (Phi) is 6.65. The molecular weight excluding hydrogens is 304 g/mol. The molecule has 0 aliphatic carbocycles. The number of hydrogen-bond donors (Lipinski definition) is 0. The predicted octanol–water partition coefficient (Wildman–Crippen LogP) is 3.97. The minimum atomic E-state index is -0.400. The summed E-state index contributed by atoms with van der Waals surface area (Å²) >= 11 is 0. The standard InChI is InChI=1S/C20H20O4/c1-22-18-12-10-17(15-19(18)23-2)11-13-20(21)24-14-6-9-16-7-4-3-5-8-16/h3-13,15H,14H2,1-2H3. The number of benzene rings is 2. The number of methoxy groups -OCH3 is 2. The Hall–Kier alpha value is -3.01. The van der Waals surface area contributed by atoms with Gasteiger partial charge in [-0.15, -0.1) is 0 Å². The SMILES string of the molecule is COc1ccc(C=CC(=O)OCC=Cc2ccccc2)cc1OC. The number of carbonyl (C=O) groups is 1. The van der Waals surface area contributed by atoms with Crippen LogP contribution in [0, 0.1) is 0 Å². The Labute approximate surface area is 142 Å². The van der Waals surface area contributed by atoms with E-state index in [1.54, 1.807) is 38.5 Å². The van der Waals surface area contributed by atoms with Crippen LogP contribution >= 0.6 is 0 Å². The summed E-state index contributed by atoms with van der Waals surface area (Å²) in [4.78, 5) is 11.7. The summed E-state index contributed by atoms with van der Waals surface area (Å²) < 4.78 is 15.5. The normalized spacial score (nSPS) is 10.9. The van der Waals surface area contributed by atoms with Crippen molar-refractivity contribution in [3.05, 3.63) is 71.8 Å². The van der Waals surface area contributed by atoms with Crippen molar-refractivity contribution in [2.45, 2.75) is 0 Å². The van der Waals surface area contributed by atoms with Crippen LogP contribution in [-0.4, -0.2) is 26.8 Å². The van der Waals surface area contributed by atoms with E-state index in [4.69, 9.17) is 14.2 Å². The summed E-state index contributed by atoms with van der Waals surface area (Å²) in [7, 11) is 3.15. The largest absolute Gasteiger partial charge is 0.493 e. The Morgan fingerprint density at radius 1 is 0.917 bits per heavy atom. The molecule has 0 N–H and O–H groups in total. The van der Waals surface area contributed by atoms with Gasteiger partial charge in [0, 0.05) is 6.08 Å². The third-order valence-corrected chi connectivity index (χ3v) is 3.25. The minimum Gasteiger partial charge on any atom is -0.493 e. The number of ether oxygens (including phenoxy) is 3. The molecule has 2 aromatic carbocycles. The van der Waals surface area contributed by atoms with E-state index in [2.05, 4.69) is 0 Å². The first-order chi connectivity index (χ1) is 11.7. The van der Waals surface area contributed by atoms with Gasteiger partial charge in [-0.3, -0.25) is 0 Å². The second-order valence-electron chi connectivity index (χ2n) is 4.89. The molecule has 0 aromatic heterocycles. The Morgan fingerprint density at radius 2 is 1.67 bits per heavy atom. The molecule has 4 heteroatoms. The number of carbonyl (C=O) groups excluding carboxylic acids is 1. The molecular formula is C20H20O4. The van der Waals surface area contributed by atoms with Crippen molar-refractivity contribution >= 4 is 18.1 Å². The van der Waals surface area contributed by atoms with E-state index >= 15 is 0 Å². The van der Waals surface area contributed by atoms with Gasteiger partial charge in [-0.1, -0.05) is 42.5 Å². The molecule has 0 saturated heterocycles. The molecule has 0 aliphatic rings. The highest BCUT2D eigenvalue weighted by molar-refractivity contribution is 5.87. The molecule has 0 atom stereocenters. The quantitative estimate of drug-likeness (QED) is 0.571. The van der Waals surface area contributed by atoms with E-state index in [-0.39, 0.29) is 6.61 Å². The summed E-state index contributed by atoms with van der Waals surface area (Å²) in [5.41, 5.74) is 1.89. The summed E-state index contributed by atoms with van der Waals surface area (Å²) in [5.74, 6) is 0.851. The molecule has 124 valence electrons. The number of hydrogen-bond acceptors (Lipinski definition) is 4. The average Bonchev–Trinajstić information content (AvgIpc) is 2.64. The lowest BCUT2D eigenvalue weighted by Crippen LogP contribution is -1.99. The molecule has 24 heavy (non-hydrogen) atoms. The van der Waals surface area contributed by atoms with Crippen LogP contribution in [0.5, 0.6) is 11.5 Å². The molecule has 0 radical (unpaired) electrons. The van der Waals surface area contributed by atoms with E-state index in [1.165, 1.54) is 6.08 Å². The highest BCUT2D eigenvalue weighted by Crippen LogP contribution is 2.27. The highest BCUT2D eigenvalue weighted by Gasteiger charge is 2.03. The topological polar surface area (TPSA) is 44.8 Å². The second kappa shape index (κ2) is 9.20. The summed E-state index contributed by atoms with van der Waals surface area (Å²) in [6.07, 6.45) is 6.77. The first-order valence-electron chi connectivity index (χ1n) is 7.51. The molecule has 0 bridgehead atoms. The van der Waals surface area contributed by atoms with Gasteiger partial charge < -0.3 is 14.2 Å². The van der Waals surface area contributed by atoms with Crippen molar-refractivity contribution in [3.8, 4) is 11.5 Å². The van der Waals surface area contributed by atoms with Crippen molar-refractivity contribution in [2.75, 3.05) is 20.8 Å². The second-order valence-corrected chi connectivity index (χ2v) is 4.89. The van der Waals surface area contributed by atoms with Gasteiger partial charge in [-0.2, -0.15) is 0 Å². The first kappa shape index (κ1) is 17.3. The van der Waals surface area contributed by atoms with E-state index in [0.29, 0.717) is 11.5 Å². The minimum absolute atomic E-state index is 0.226. The van der Waals surface area contributed by atoms with Crippen LogP contribution in [0.3, 0.4) is 0 Å². The molecule has 0 saturated carbocycles. The summed E-state index contributed by atoms with van der Waals surface area (Å²) in [5, 5.41) is 0. The van der Waals surface area contributed by atoms with Crippen molar-refractivity contribution < 1.29 is 19.0 Å². The van der Waals surface area contributed by atoms with Crippen LogP contribution in [0.25, 0.3) is 12.2 Å². The summed E-state index contributed by atoms with van der Waals surface area (Å²) in [6, 6.07) is 15.2. The van der Waals surface area contributed by atoms with Gasteiger partial charge in [0.2, 0.25) is 0 Å². The molecule has 2 aromatic rings.